The molecule has 1 aliphatic carbocycles. The number of anilines is 1. The maximum Gasteiger partial charge on any atom is 0.230 e. The van der Waals surface area contributed by atoms with Crippen molar-refractivity contribution in [2.24, 2.45) is 0 Å². The van der Waals surface area contributed by atoms with Crippen molar-refractivity contribution in [3.8, 4) is 0 Å². The molecule has 0 spiro atoms. The highest BCUT2D eigenvalue weighted by molar-refractivity contribution is 5.96. The van der Waals surface area contributed by atoms with Crippen LogP contribution in [0, 0.1) is 0 Å². The summed E-state index contributed by atoms with van der Waals surface area (Å²) in [5, 5.41) is 18.0. The number of carbonyl (C=O) groups is 2. The lowest BCUT2D eigenvalue weighted by atomic mass is 9.97. The summed E-state index contributed by atoms with van der Waals surface area (Å²) in [4.78, 5) is 23.7. The van der Waals surface area contributed by atoms with Crippen LogP contribution in [0.5, 0.6) is 0 Å². The Kier molecular flexibility index (Phi) is 6.60. The number of amides is 1. The van der Waals surface area contributed by atoms with Crippen molar-refractivity contribution in [1.82, 2.24) is 0 Å². The third-order valence-corrected chi connectivity index (χ3v) is 5.04. The largest absolute Gasteiger partial charge is 0.544 e. The minimum Gasteiger partial charge on any atom is -0.544 e. The topological polar surface area (TPSA) is 85.8 Å². The maximum atomic E-state index is 12.3. The fraction of sp³-hybridized carbons (Fsp3) is 0.364. The van der Waals surface area contributed by atoms with Gasteiger partial charge in [-0.25, -0.2) is 0 Å². The Morgan fingerprint density at radius 3 is 2.67 bits per heavy atom. The lowest BCUT2D eigenvalue weighted by Crippen LogP contribution is -2.93. The van der Waals surface area contributed by atoms with E-state index in [4.69, 9.17) is 0 Å². The molecule has 5 heteroatoms. The monoisotopic (exact) mass is 366 g/mol. The molecule has 0 aliphatic heterocycles. The lowest BCUT2D eigenvalue weighted by molar-refractivity contribution is -0.682. The Balaban J connectivity index is 1.52. The predicted octanol–water partition coefficient (Wildman–Crippen LogP) is 1.74. The number of hydrogen-bond donors (Lipinski definition) is 2. The molecule has 2 aromatic rings. The number of carboxylic acids is 1. The molecule has 1 amide bonds. The second-order valence-electron chi connectivity index (χ2n) is 7.12. The molecule has 0 fully saturated rings. The number of allylic oxidation sites excluding steroid dienone is 1. The van der Waals surface area contributed by atoms with Crippen LogP contribution >= 0.6 is 0 Å². The number of aliphatic carboxylic acids is 1. The number of quaternary nitrogens is 1. The summed E-state index contributed by atoms with van der Waals surface area (Å²) in [6.45, 7) is 0.660. The molecule has 0 saturated carbocycles. The summed E-state index contributed by atoms with van der Waals surface area (Å²) >= 11 is 0. The molecular formula is C22H26N2O3. The van der Waals surface area contributed by atoms with E-state index in [1.807, 2.05) is 42.5 Å². The number of carbonyl (C=O) groups excluding carboxylic acids is 2. The Hall–Kier alpha value is -2.66. The number of fused-ring (bicyclic) bond motifs is 1. The van der Waals surface area contributed by atoms with E-state index in [2.05, 4.69) is 11.4 Å². The van der Waals surface area contributed by atoms with Crippen molar-refractivity contribution in [2.45, 2.75) is 44.6 Å². The molecule has 27 heavy (non-hydrogen) atoms. The molecule has 1 aliphatic rings. The average molecular weight is 366 g/mol. The van der Waals surface area contributed by atoms with E-state index in [1.54, 1.807) is 5.32 Å². The molecule has 0 unspecified atom stereocenters. The van der Waals surface area contributed by atoms with Crippen molar-refractivity contribution >= 4 is 28.3 Å². The smallest absolute Gasteiger partial charge is 0.230 e. The first-order valence-corrected chi connectivity index (χ1v) is 9.62. The normalized spacial score (nSPS) is 15.2. The third-order valence-electron chi connectivity index (χ3n) is 5.04. The van der Waals surface area contributed by atoms with Gasteiger partial charge in [-0.2, -0.15) is 0 Å². The SMILES string of the molecule is O=C(C[C@@H]([NH2+]CCC1=CCCCC1)C(=O)[O-])Nc1ccc2ccccc2c1. The summed E-state index contributed by atoms with van der Waals surface area (Å²) in [5.41, 5.74) is 2.07. The molecule has 5 nitrogen and oxygen atoms in total. The lowest BCUT2D eigenvalue weighted by Gasteiger charge is -2.18. The standard InChI is InChI=1S/C22H26N2O3/c25-21(24-19-11-10-17-8-4-5-9-18(17)14-19)15-20(22(26)27)23-13-12-16-6-2-1-3-7-16/h4-6,8-11,14,20,23H,1-3,7,12-13,15H2,(H,24,25)(H,26,27)/t20-/m1/s1. The van der Waals surface area contributed by atoms with E-state index < -0.39 is 12.0 Å². The van der Waals surface area contributed by atoms with Crippen LogP contribution in [0.15, 0.2) is 54.1 Å². The molecule has 0 aromatic heterocycles. The number of nitrogens with two attached hydrogens (primary N) is 1. The first-order valence-electron chi connectivity index (χ1n) is 9.62. The molecule has 0 radical (unpaired) electrons. The predicted molar refractivity (Wildman–Crippen MR) is 104 cm³/mol. The fourth-order valence-corrected chi connectivity index (χ4v) is 3.54. The molecule has 1 atom stereocenters. The van der Waals surface area contributed by atoms with Gasteiger partial charge in [0.1, 0.15) is 6.04 Å². The van der Waals surface area contributed by atoms with Crippen LogP contribution in [0.3, 0.4) is 0 Å². The van der Waals surface area contributed by atoms with Gasteiger partial charge in [0.2, 0.25) is 5.91 Å². The molecule has 0 saturated heterocycles. The van der Waals surface area contributed by atoms with Crippen LogP contribution in [-0.2, 0) is 9.59 Å². The number of nitrogens with one attached hydrogen (secondary N) is 1. The summed E-state index contributed by atoms with van der Waals surface area (Å²) < 4.78 is 0. The first-order chi connectivity index (χ1) is 13.1. The zero-order valence-corrected chi connectivity index (χ0v) is 15.4. The first kappa shape index (κ1) is 19.1. The van der Waals surface area contributed by atoms with Gasteiger partial charge < -0.3 is 20.5 Å². The van der Waals surface area contributed by atoms with Gasteiger partial charge in [-0.3, -0.25) is 4.79 Å². The van der Waals surface area contributed by atoms with Crippen molar-refractivity contribution in [3.05, 3.63) is 54.1 Å². The van der Waals surface area contributed by atoms with E-state index in [-0.39, 0.29) is 12.3 Å². The number of carboxylic acid groups (broad SMARTS) is 1. The summed E-state index contributed by atoms with van der Waals surface area (Å²) in [7, 11) is 0. The van der Waals surface area contributed by atoms with E-state index >= 15 is 0 Å². The molecule has 3 N–H and O–H groups in total. The maximum absolute atomic E-state index is 12.3. The van der Waals surface area contributed by atoms with Crippen molar-refractivity contribution in [3.63, 3.8) is 0 Å². The summed E-state index contributed by atoms with van der Waals surface area (Å²) in [6.07, 6.45) is 7.70. The number of rotatable bonds is 8. The molecule has 2 aromatic carbocycles. The van der Waals surface area contributed by atoms with Crippen LogP contribution in [-0.4, -0.2) is 24.5 Å². The molecular weight excluding hydrogens is 340 g/mol. The van der Waals surface area contributed by atoms with Gasteiger partial charge in [0, 0.05) is 12.1 Å². The van der Waals surface area contributed by atoms with Gasteiger partial charge in [0.15, 0.2) is 0 Å². The van der Waals surface area contributed by atoms with Gasteiger partial charge in [-0.15, -0.1) is 0 Å². The molecule has 0 bridgehead atoms. The molecule has 142 valence electrons. The van der Waals surface area contributed by atoms with Gasteiger partial charge in [-0.05, 0) is 48.6 Å². The quantitative estimate of drug-likeness (QED) is 0.698. The third kappa shape index (κ3) is 5.66. The van der Waals surface area contributed by atoms with Crippen LogP contribution in [0.25, 0.3) is 10.8 Å². The Morgan fingerprint density at radius 1 is 1.11 bits per heavy atom. The highest BCUT2D eigenvalue weighted by Crippen LogP contribution is 2.20. The Labute approximate surface area is 159 Å². The van der Waals surface area contributed by atoms with Crippen molar-refractivity contribution < 1.29 is 20.0 Å². The average Bonchev–Trinajstić information content (AvgIpc) is 2.68. The molecule has 0 heterocycles. The van der Waals surface area contributed by atoms with Gasteiger partial charge in [0.05, 0.1) is 18.9 Å². The van der Waals surface area contributed by atoms with Gasteiger partial charge in [0.25, 0.3) is 0 Å². The summed E-state index contributed by atoms with van der Waals surface area (Å²) in [5.74, 6) is -1.51. The zero-order valence-electron chi connectivity index (χ0n) is 15.4. The van der Waals surface area contributed by atoms with Crippen molar-refractivity contribution in [1.29, 1.82) is 0 Å². The second kappa shape index (κ2) is 9.33. The highest BCUT2D eigenvalue weighted by Gasteiger charge is 2.18. The minimum absolute atomic E-state index is 0.103. The zero-order chi connectivity index (χ0) is 19.1. The van der Waals surface area contributed by atoms with E-state index in [1.165, 1.54) is 18.4 Å². The Morgan fingerprint density at radius 2 is 1.93 bits per heavy atom. The Bertz CT molecular complexity index is 844. The highest BCUT2D eigenvalue weighted by atomic mass is 16.4. The second-order valence-corrected chi connectivity index (χ2v) is 7.12. The number of benzene rings is 2. The van der Waals surface area contributed by atoms with Crippen LogP contribution in [0.1, 0.15) is 38.5 Å². The van der Waals surface area contributed by atoms with E-state index in [0.29, 0.717) is 12.2 Å². The fourth-order valence-electron chi connectivity index (χ4n) is 3.54. The minimum atomic E-state index is -1.19. The summed E-state index contributed by atoms with van der Waals surface area (Å²) in [6, 6.07) is 12.7. The van der Waals surface area contributed by atoms with Crippen LogP contribution < -0.4 is 15.7 Å². The van der Waals surface area contributed by atoms with Gasteiger partial charge in [-0.1, -0.05) is 42.0 Å². The van der Waals surface area contributed by atoms with Gasteiger partial charge >= 0.3 is 0 Å². The van der Waals surface area contributed by atoms with Crippen LogP contribution in [0.4, 0.5) is 5.69 Å². The number of hydrogen-bond acceptors (Lipinski definition) is 3. The van der Waals surface area contributed by atoms with E-state index in [0.717, 1.165) is 30.0 Å². The van der Waals surface area contributed by atoms with E-state index in [9.17, 15) is 14.7 Å². The molecule has 3 rings (SSSR count). The van der Waals surface area contributed by atoms with Crippen molar-refractivity contribution in [2.75, 3.05) is 11.9 Å². The van der Waals surface area contributed by atoms with Crippen LogP contribution in [0.2, 0.25) is 0 Å².